The molecule has 8 heteroatoms. The molecule has 0 aromatic heterocycles. The normalized spacial score (nSPS) is 10.0. The Bertz CT molecular complexity index is 855. The Hall–Kier alpha value is -3.06. The molecule has 2 aromatic carbocycles. The van der Waals surface area contributed by atoms with Gasteiger partial charge in [-0.05, 0) is 36.4 Å². The van der Waals surface area contributed by atoms with Crippen molar-refractivity contribution in [3.63, 3.8) is 0 Å². The fourth-order valence-electron chi connectivity index (χ4n) is 2.32. The van der Waals surface area contributed by atoms with E-state index in [1.54, 1.807) is 42.5 Å². The van der Waals surface area contributed by atoms with Crippen molar-refractivity contribution in [1.82, 2.24) is 0 Å². The summed E-state index contributed by atoms with van der Waals surface area (Å²) in [6.07, 6.45) is 0.184. The van der Waals surface area contributed by atoms with E-state index in [4.69, 9.17) is 11.6 Å². The van der Waals surface area contributed by atoms with Gasteiger partial charge in [0.2, 0.25) is 11.8 Å². The van der Waals surface area contributed by atoms with E-state index in [2.05, 4.69) is 20.7 Å². The Labute approximate surface area is 162 Å². The molecule has 2 rings (SSSR count). The minimum absolute atomic E-state index is 0.184. The molecule has 2 aromatic rings. The van der Waals surface area contributed by atoms with Gasteiger partial charge in [-0.3, -0.25) is 9.59 Å². The molecule has 0 fully saturated rings. The van der Waals surface area contributed by atoms with Crippen molar-refractivity contribution in [3.8, 4) is 0 Å². The quantitative estimate of drug-likeness (QED) is 0.629. The first-order valence-electron chi connectivity index (χ1n) is 8.18. The molecule has 27 heavy (non-hydrogen) atoms. The van der Waals surface area contributed by atoms with Gasteiger partial charge in [-0.15, -0.1) is 0 Å². The van der Waals surface area contributed by atoms with Gasteiger partial charge in [-0.25, -0.2) is 4.79 Å². The monoisotopic (exact) mass is 389 g/mol. The van der Waals surface area contributed by atoms with Gasteiger partial charge >= 0.3 is 5.97 Å². The highest BCUT2D eigenvalue weighted by molar-refractivity contribution is 6.33. The number of nitrogens with one attached hydrogen (secondary N) is 3. The van der Waals surface area contributed by atoms with E-state index in [0.717, 1.165) is 0 Å². The zero-order valence-electron chi connectivity index (χ0n) is 15.0. The average Bonchev–Trinajstić information content (AvgIpc) is 2.62. The fourth-order valence-corrected chi connectivity index (χ4v) is 2.50. The predicted molar refractivity (Wildman–Crippen MR) is 105 cm³/mol. The van der Waals surface area contributed by atoms with E-state index >= 15 is 0 Å². The lowest BCUT2D eigenvalue weighted by atomic mass is 10.2. The summed E-state index contributed by atoms with van der Waals surface area (Å²) >= 11 is 6.10. The zero-order valence-corrected chi connectivity index (χ0v) is 15.7. The van der Waals surface area contributed by atoms with Crippen LogP contribution in [-0.4, -0.2) is 31.4 Å². The number of benzene rings is 2. The molecule has 0 aliphatic heterocycles. The van der Waals surface area contributed by atoms with Crippen molar-refractivity contribution in [2.45, 2.75) is 13.3 Å². The van der Waals surface area contributed by atoms with Gasteiger partial charge in [0, 0.05) is 31.3 Å². The Morgan fingerprint density at radius 1 is 1.04 bits per heavy atom. The highest BCUT2D eigenvalue weighted by Gasteiger charge is 2.09. The Balaban J connectivity index is 1.89. The van der Waals surface area contributed by atoms with Gasteiger partial charge in [-0.2, -0.15) is 0 Å². The lowest BCUT2D eigenvalue weighted by Gasteiger charge is -2.11. The summed E-state index contributed by atoms with van der Waals surface area (Å²) in [5.74, 6) is -0.858. The molecule has 0 aliphatic rings. The number of amides is 2. The molecule has 7 nitrogen and oxygen atoms in total. The summed E-state index contributed by atoms with van der Waals surface area (Å²) < 4.78 is 4.67. The largest absolute Gasteiger partial charge is 0.465 e. The maximum absolute atomic E-state index is 12.1. The number of halogens is 1. The van der Waals surface area contributed by atoms with E-state index in [-0.39, 0.29) is 18.2 Å². The van der Waals surface area contributed by atoms with E-state index in [0.29, 0.717) is 34.2 Å². The van der Waals surface area contributed by atoms with Crippen LogP contribution in [0, 0.1) is 0 Å². The third kappa shape index (κ3) is 6.31. The number of hydrogen-bond acceptors (Lipinski definition) is 5. The third-order valence-corrected chi connectivity index (χ3v) is 3.85. The average molecular weight is 390 g/mol. The smallest absolute Gasteiger partial charge is 0.337 e. The first-order chi connectivity index (χ1) is 12.9. The van der Waals surface area contributed by atoms with Crippen LogP contribution in [0.2, 0.25) is 5.02 Å². The summed E-state index contributed by atoms with van der Waals surface area (Å²) in [6.45, 7) is 1.73. The van der Waals surface area contributed by atoms with Gasteiger partial charge in [-0.1, -0.05) is 17.7 Å². The molecule has 0 saturated heterocycles. The molecule has 142 valence electrons. The molecule has 2 amide bonds. The second-order valence-corrected chi connectivity index (χ2v) is 6.08. The van der Waals surface area contributed by atoms with Crippen molar-refractivity contribution in [1.29, 1.82) is 0 Å². The van der Waals surface area contributed by atoms with Crippen molar-refractivity contribution >= 4 is 46.4 Å². The summed E-state index contributed by atoms with van der Waals surface area (Å²) in [7, 11) is 1.30. The number of hydrogen-bond donors (Lipinski definition) is 3. The molecule has 0 atom stereocenters. The van der Waals surface area contributed by atoms with Crippen LogP contribution in [0.3, 0.4) is 0 Å². The SMILES string of the molecule is COC(=O)c1ccc(Cl)c(NCCC(=O)Nc2cccc(NC(C)=O)c2)c1. The number of carbonyl (C=O) groups is 3. The highest BCUT2D eigenvalue weighted by Crippen LogP contribution is 2.23. The van der Waals surface area contributed by atoms with E-state index in [1.165, 1.54) is 14.0 Å². The van der Waals surface area contributed by atoms with Crippen LogP contribution in [0.15, 0.2) is 42.5 Å². The number of carbonyl (C=O) groups excluding carboxylic acids is 3. The van der Waals surface area contributed by atoms with Crippen LogP contribution in [0.4, 0.5) is 17.1 Å². The lowest BCUT2D eigenvalue weighted by molar-refractivity contribution is -0.116. The molecule has 0 radical (unpaired) electrons. The molecule has 0 heterocycles. The van der Waals surface area contributed by atoms with Crippen molar-refractivity contribution < 1.29 is 19.1 Å². The number of esters is 1. The minimum Gasteiger partial charge on any atom is -0.465 e. The first kappa shape index (κ1) is 20.3. The Kier molecular flexibility index (Phi) is 7.19. The van der Waals surface area contributed by atoms with Gasteiger partial charge in [0.05, 0.1) is 23.4 Å². The fraction of sp³-hybridized carbons (Fsp3) is 0.211. The third-order valence-electron chi connectivity index (χ3n) is 3.52. The van der Waals surface area contributed by atoms with Gasteiger partial charge in [0.15, 0.2) is 0 Å². The van der Waals surface area contributed by atoms with E-state index < -0.39 is 5.97 Å². The van der Waals surface area contributed by atoms with Gasteiger partial charge in [0.1, 0.15) is 0 Å². The van der Waals surface area contributed by atoms with Crippen LogP contribution in [0.1, 0.15) is 23.7 Å². The maximum Gasteiger partial charge on any atom is 0.337 e. The molecule has 0 spiro atoms. The van der Waals surface area contributed by atoms with Gasteiger partial charge < -0.3 is 20.7 Å². The van der Waals surface area contributed by atoms with Crippen LogP contribution < -0.4 is 16.0 Å². The first-order valence-corrected chi connectivity index (χ1v) is 8.56. The van der Waals surface area contributed by atoms with Crippen molar-refractivity contribution in [2.75, 3.05) is 29.6 Å². The second-order valence-electron chi connectivity index (χ2n) is 5.67. The lowest BCUT2D eigenvalue weighted by Crippen LogP contribution is -2.16. The topological polar surface area (TPSA) is 96.5 Å². The van der Waals surface area contributed by atoms with E-state index in [1.807, 2.05) is 0 Å². The van der Waals surface area contributed by atoms with Crippen LogP contribution in [0.5, 0.6) is 0 Å². The van der Waals surface area contributed by atoms with Crippen LogP contribution in [0.25, 0.3) is 0 Å². The number of anilines is 3. The van der Waals surface area contributed by atoms with Crippen molar-refractivity contribution in [3.05, 3.63) is 53.1 Å². The number of ether oxygens (including phenoxy) is 1. The Morgan fingerprint density at radius 2 is 1.74 bits per heavy atom. The summed E-state index contributed by atoms with van der Waals surface area (Å²) in [4.78, 5) is 34.8. The summed E-state index contributed by atoms with van der Waals surface area (Å²) in [5, 5.41) is 8.88. The van der Waals surface area contributed by atoms with Crippen molar-refractivity contribution in [2.24, 2.45) is 0 Å². The Morgan fingerprint density at radius 3 is 2.41 bits per heavy atom. The molecule has 0 saturated carbocycles. The highest BCUT2D eigenvalue weighted by atomic mass is 35.5. The molecular weight excluding hydrogens is 370 g/mol. The molecule has 3 N–H and O–H groups in total. The number of rotatable bonds is 7. The minimum atomic E-state index is -0.466. The molecular formula is C19H20ClN3O4. The zero-order chi connectivity index (χ0) is 19.8. The summed E-state index contributed by atoms with van der Waals surface area (Å²) in [6, 6.07) is 11.6. The maximum atomic E-state index is 12.1. The molecule has 0 aliphatic carbocycles. The van der Waals surface area contributed by atoms with Crippen LogP contribution in [-0.2, 0) is 14.3 Å². The predicted octanol–water partition coefficient (Wildman–Crippen LogP) is 3.53. The van der Waals surface area contributed by atoms with Crippen LogP contribution >= 0.6 is 11.6 Å². The summed E-state index contributed by atoms with van der Waals surface area (Å²) in [5.41, 5.74) is 2.09. The van der Waals surface area contributed by atoms with Gasteiger partial charge in [0.25, 0.3) is 0 Å². The van der Waals surface area contributed by atoms with E-state index in [9.17, 15) is 14.4 Å². The standard InChI is InChI=1S/C19H20ClN3O4/c1-12(24)22-14-4-3-5-15(11-14)23-18(25)8-9-21-17-10-13(19(26)27-2)6-7-16(17)20/h3-7,10-11,21H,8-9H2,1-2H3,(H,22,24)(H,23,25). The molecule has 0 bridgehead atoms. The number of methoxy groups -OCH3 is 1. The second kappa shape index (κ2) is 9.59. The molecule has 0 unspecified atom stereocenters.